The number of nitrogens with zero attached hydrogens (tertiary/aromatic N) is 2. The van der Waals surface area contributed by atoms with Gasteiger partial charge in [-0.25, -0.2) is 4.68 Å². The average Bonchev–Trinajstić information content (AvgIpc) is 3.22. The Balaban J connectivity index is 1.69. The van der Waals surface area contributed by atoms with Gasteiger partial charge in [0.2, 0.25) is 0 Å². The molecule has 0 saturated heterocycles. The smallest absolute Gasteiger partial charge is 0.305 e. The number of carbonyl (C=O) groups excluding carboxylic acids is 2. The molecular weight excluding hydrogens is 366 g/mol. The molecule has 0 spiro atoms. The van der Waals surface area contributed by atoms with E-state index < -0.39 is 0 Å². The van der Waals surface area contributed by atoms with Crippen molar-refractivity contribution in [3.63, 3.8) is 0 Å². The molecule has 29 heavy (non-hydrogen) atoms. The standard InChI is InChI=1S/C23H25N3O3/c1-29-21(27)15-9-4-10-16-24-23(28)20-17-26(19-13-7-3-8-14-19)25-22(20)18-11-5-2-6-12-18/h2-3,5-8,11-14,17H,4,9-10,15-16H2,1H3,(H,24,28). The molecule has 3 rings (SSSR count). The zero-order valence-electron chi connectivity index (χ0n) is 16.5. The first-order valence-corrected chi connectivity index (χ1v) is 9.74. The van der Waals surface area contributed by atoms with Crippen LogP contribution < -0.4 is 5.32 Å². The fourth-order valence-corrected chi connectivity index (χ4v) is 3.03. The number of benzene rings is 2. The molecule has 0 aliphatic rings. The van der Waals surface area contributed by atoms with Crippen LogP contribution in [0.3, 0.4) is 0 Å². The van der Waals surface area contributed by atoms with E-state index in [1.165, 1.54) is 7.11 Å². The quantitative estimate of drug-likeness (QED) is 0.442. The Bertz CT molecular complexity index is 937. The van der Waals surface area contributed by atoms with Crippen LogP contribution in [-0.2, 0) is 9.53 Å². The van der Waals surface area contributed by atoms with Crippen molar-refractivity contribution in [3.8, 4) is 16.9 Å². The van der Waals surface area contributed by atoms with Crippen molar-refractivity contribution >= 4 is 11.9 Å². The highest BCUT2D eigenvalue weighted by Crippen LogP contribution is 2.23. The lowest BCUT2D eigenvalue weighted by Crippen LogP contribution is -2.24. The van der Waals surface area contributed by atoms with Gasteiger partial charge in [0.25, 0.3) is 5.91 Å². The van der Waals surface area contributed by atoms with Gasteiger partial charge in [-0.05, 0) is 25.0 Å². The maximum absolute atomic E-state index is 12.8. The van der Waals surface area contributed by atoms with Crippen LogP contribution in [0.25, 0.3) is 16.9 Å². The van der Waals surface area contributed by atoms with Crippen molar-refractivity contribution in [1.82, 2.24) is 15.1 Å². The molecule has 1 amide bonds. The SMILES string of the molecule is COC(=O)CCCCCNC(=O)c1cn(-c2ccccc2)nc1-c1ccccc1. The third-order valence-electron chi connectivity index (χ3n) is 4.60. The minimum Gasteiger partial charge on any atom is -0.469 e. The molecule has 1 aromatic heterocycles. The van der Waals surface area contributed by atoms with Crippen molar-refractivity contribution in [2.45, 2.75) is 25.7 Å². The molecule has 6 heteroatoms. The molecule has 1 heterocycles. The molecule has 3 aromatic rings. The molecule has 0 aliphatic heterocycles. The summed E-state index contributed by atoms with van der Waals surface area (Å²) in [6.45, 7) is 0.546. The summed E-state index contributed by atoms with van der Waals surface area (Å²) in [6.07, 6.45) is 4.58. The number of hydrogen-bond donors (Lipinski definition) is 1. The number of aromatic nitrogens is 2. The second-order valence-electron chi connectivity index (χ2n) is 6.68. The van der Waals surface area contributed by atoms with Crippen LogP contribution in [0.2, 0.25) is 0 Å². The second-order valence-corrected chi connectivity index (χ2v) is 6.68. The van der Waals surface area contributed by atoms with Crippen molar-refractivity contribution in [2.24, 2.45) is 0 Å². The van der Waals surface area contributed by atoms with Gasteiger partial charge in [-0.2, -0.15) is 5.10 Å². The van der Waals surface area contributed by atoms with Crippen LogP contribution in [0, 0.1) is 0 Å². The molecule has 0 aliphatic carbocycles. The number of unbranched alkanes of at least 4 members (excludes halogenated alkanes) is 2. The van der Waals surface area contributed by atoms with Crippen molar-refractivity contribution in [3.05, 3.63) is 72.4 Å². The predicted molar refractivity (Wildman–Crippen MR) is 112 cm³/mol. The summed E-state index contributed by atoms with van der Waals surface area (Å²) >= 11 is 0. The van der Waals surface area contributed by atoms with E-state index in [1.54, 1.807) is 10.9 Å². The zero-order valence-corrected chi connectivity index (χ0v) is 16.5. The third kappa shape index (κ3) is 5.54. The molecule has 1 N–H and O–H groups in total. The first-order valence-electron chi connectivity index (χ1n) is 9.74. The van der Waals surface area contributed by atoms with E-state index in [0.717, 1.165) is 30.5 Å². The molecule has 150 valence electrons. The summed E-state index contributed by atoms with van der Waals surface area (Å²) in [5.41, 5.74) is 2.98. The third-order valence-corrected chi connectivity index (χ3v) is 4.60. The Morgan fingerprint density at radius 2 is 1.66 bits per heavy atom. The summed E-state index contributed by atoms with van der Waals surface area (Å²) in [5.74, 6) is -0.353. The zero-order chi connectivity index (χ0) is 20.5. The second kappa shape index (κ2) is 10.2. The van der Waals surface area contributed by atoms with E-state index in [2.05, 4.69) is 15.2 Å². The minimum absolute atomic E-state index is 0.154. The Morgan fingerprint density at radius 1 is 0.966 bits per heavy atom. The van der Waals surface area contributed by atoms with Gasteiger partial charge in [-0.15, -0.1) is 0 Å². The largest absolute Gasteiger partial charge is 0.469 e. The monoisotopic (exact) mass is 391 g/mol. The van der Waals surface area contributed by atoms with Gasteiger partial charge in [0.15, 0.2) is 0 Å². The number of para-hydroxylation sites is 1. The minimum atomic E-state index is -0.199. The molecule has 0 bridgehead atoms. The number of ether oxygens (including phenoxy) is 1. The van der Waals surface area contributed by atoms with E-state index in [-0.39, 0.29) is 11.9 Å². The van der Waals surface area contributed by atoms with E-state index in [1.807, 2.05) is 60.7 Å². The normalized spacial score (nSPS) is 10.5. The van der Waals surface area contributed by atoms with Crippen LogP contribution in [0.1, 0.15) is 36.0 Å². The Labute approximate surface area is 170 Å². The van der Waals surface area contributed by atoms with Crippen LogP contribution in [0.15, 0.2) is 66.9 Å². The van der Waals surface area contributed by atoms with E-state index in [9.17, 15) is 9.59 Å². The molecule has 2 aromatic carbocycles. The summed E-state index contributed by atoms with van der Waals surface area (Å²) in [7, 11) is 1.39. The van der Waals surface area contributed by atoms with Gasteiger partial charge >= 0.3 is 5.97 Å². The summed E-state index contributed by atoms with van der Waals surface area (Å²) < 4.78 is 6.36. The number of carbonyl (C=O) groups is 2. The molecule has 0 atom stereocenters. The van der Waals surface area contributed by atoms with Crippen LogP contribution in [0.4, 0.5) is 0 Å². The highest BCUT2D eigenvalue weighted by molar-refractivity contribution is 5.99. The maximum Gasteiger partial charge on any atom is 0.305 e. The van der Waals surface area contributed by atoms with Gasteiger partial charge in [-0.3, -0.25) is 9.59 Å². The lowest BCUT2D eigenvalue weighted by atomic mass is 10.1. The first kappa shape index (κ1) is 20.3. The maximum atomic E-state index is 12.8. The predicted octanol–water partition coefficient (Wildman–Crippen LogP) is 4.00. The van der Waals surface area contributed by atoms with Gasteiger partial charge < -0.3 is 10.1 Å². The lowest BCUT2D eigenvalue weighted by Gasteiger charge is -2.05. The Kier molecular flexibility index (Phi) is 7.16. The molecule has 6 nitrogen and oxygen atoms in total. The summed E-state index contributed by atoms with van der Waals surface area (Å²) in [4.78, 5) is 24.0. The fourth-order valence-electron chi connectivity index (χ4n) is 3.03. The first-order chi connectivity index (χ1) is 14.2. The molecular formula is C23H25N3O3. The number of hydrogen-bond acceptors (Lipinski definition) is 4. The number of esters is 1. The molecule has 0 radical (unpaired) electrons. The van der Waals surface area contributed by atoms with E-state index in [4.69, 9.17) is 0 Å². The number of nitrogens with one attached hydrogen (secondary N) is 1. The topological polar surface area (TPSA) is 73.2 Å². The van der Waals surface area contributed by atoms with Gasteiger partial charge in [-0.1, -0.05) is 55.0 Å². The number of rotatable bonds is 9. The van der Waals surface area contributed by atoms with E-state index >= 15 is 0 Å². The van der Waals surface area contributed by atoms with Crippen molar-refractivity contribution < 1.29 is 14.3 Å². The summed E-state index contributed by atoms with van der Waals surface area (Å²) in [6, 6.07) is 19.4. The van der Waals surface area contributed by atoms with E-state index in [0.29, 0.717) is 24.2 Å². The van der Waals surface area contributed by atoms with Crippen LogP contribution >= 0.6 is 0 Å². The van der Waals surface area contributed by atoms with Gasteiger partial charge in [0.05, 0.1) is 18.4 Å². The average molecular weight is 391 g/mol. The Hall–Kier alpha value is -3.41. The fraction of sp³-hybridized carbons (Fsp3) is 0.261. The van der Waals surface area contributed by atoms with Gasteiger partial charge in [0, 0.05) is 24.7 Å². The van der Waals surface area contributed by atoms with Crippen LogP contribution in [0.5, 0.6) is 0 Å². The lowest BCUT2D eigenvalue weighted by molar-refractivity contribution is -0.140. The van der Waals surface area contributed by atoms with Crippen molar-refractivity contribution in [1.29, 1.82) is 0 Å². The molecule has 0 saturated carbocycles. The highest BCUT2D eigenvalue weighted by atomic mass is 16.5. The Morgan fingerprint density at radius 3 is 2.34 bits per heavy atom. The highest BCUT2D eigenvalue weighted by Gasteiger charge is 2.18. The molecule has 0 fully saturated rings. The number of methoxy groups -OCH3 is 1. The summed E-state index contributed by atoms with van der Waals surface area (Å²) in [5, 5.41) is 7.63. The number of amides is 1. The van der Waals surface area contributed by atoms with Crippen LogP contribution in [-0.4, -0.2) is 35.3 Å². The van der Waals surface area contributed by atoms with Gasteiger partial charge in [0.1, 0.15) is 5.69 Å². The van der Waals surface area contributed by atoms with Crippen molar-refractivity contribution in [2.75, 3.05) is 13.7 Å². The molecule has 0 unspecified atom stereocenters.